The molecule has 0 aromatic heterocycles. The molecule has 0 saturated carbocycles. The molecule has 2 N–H and O–H groups in total. The van der Waals surface area contributed by atoms with Crippen LogP contribution in [0.2, 0.25) is 0 Å². The van der Waals surface area contributed by atoms with Crippen LogP contribution in [0.3, 0.4) is 0 Å². The van der Waals surface area contributed by atoms with E-state index in [1.807, 2.05) is 0 Å². The van der Waals surface area contributed by atoms with Crippen molar-refractivity contribution >= 4 is 12.0 Å². The second kappa shape index (κ2) is 4.33. The number of carbonyl (C=O) groups excluding carboxylic acids is 1. The first-order valence-electron chi connectivity index (χ1n) is 4.92. The van der Waals surface area contributed by atoms with Crippen molar-refractivity contribution < 1.29 is 13.6 Å². The number of hydrogen-bond acceptors (Lipinski definition) is 2. The van der Waals surface area contributed by atoms with Crippen LogP contribution in [0.5, 0.6) is 0 Å². The highest BCUT2D eigenvalue weighted by Crippen LogP contribution is 2.28. The van der Waals surface area contributed by atoms with E-state index in [-0.39, 0.29) is 5.56 Å². The number of nitrogen functional groups attached to an aromatic ring is 1. The summed E-state index contributed by atoms with van der Waals surface area (Å²) < 4.78 is 26.7. The summed E-state index contributed by atoms with van der Waals surface area (Å²) in [7, 11) is 0. The van der Waals surface area contributed by atoms with Gasteiger partial charge in [0.1, 0.15) is 17.8 Å². The van der Waals surface area contributed by atoms with Gasteiger partial charge >= 0.3 is 0 Å². The van der Waals surface area contributed by atoms with E-state index in [4.69, 9.17) is 5.73 Å². The lowest BCUT2D eigenvalue weighted by molar-refractivity contribution is 0.112. The number of halogens is 2. The smallest absolute Gasteiger partial charge is 0.156 e. The van der Waals surface area contributed by atoms with Crippen molar-refractivity contribution in [1.29, 1.82) is 0 Å². The van der Waals surface area contributed by atoms with Crippen LogP contribution in [-0.4, -0.2) is 6.29 Å². The maximum absolute atomic E-state index is 13.7. The number of rotatable bonds is 2. The van der Waals surface area contributed by atoms with Gasteiger partial charge in [0.15, 0.2) is 5.82 Å². The van der Waals surface area contributed by atoms with Gasteiger partial charge in [-0.1, -0.05) is 24.3 Å². The van der Waals surface area contributed by atoms with Crippen molar-refractivity contribution in [3.63, 3.8) is 0 Å². The zero-order valence-corrected chi connectivity index (χ0v) is 8.78. The molecule has 0 unspecified atom stereocenters. The number of nitrogens with two attached hydrogens (primary N) is 1. The fourth-order valence-electron chi connectivity index (χ4n) is 1.53. The van der Waals surface area contributed by atoms with Crippen LogP contribution in [-0.2, 0) is 0 Å². The lowest BCUT2D eigenvalue weighted by Gasteiger charge is -2.06. The third kappa shape index (κ3) is 2.01. The molecule has 0 radical (unpaired) electrons. The van der Waals surface area contributed by atoms with Crippen molar-refractivity contribution in [3.8, 4) is 11.1 Å². The van der Waals surface area contributed by atoms with Gasteiger partial charge < -0.3 is 5.73 Å². The molecule has 0 spiro atoms. The average Bonchev–Trinajstić information content (AvgIpc) is 2.36. The summed E-state index contributed by atoms with van der Waals surface area (Å²) in [6.45, 7) is 0. The number of aldehydes is 1. The molecule has 0 heterocycles. The Morgan fingerprint density at radius 1 is 1.00 bits per heavy atom. The van der Waals surface area contributed by atoms with Crippen LogP contribution in [0.15, 0.2) is 36.4 Å². The van der Waals surface area contributed by atoms with Gasteiger partial charge in [-0.05, 0) is 17.7 Å². The largest absolute Gasteiger partial charge is 0.394 e. The van der Waals surface area contributed by atoms with Crippen LogP contribution in [0.25, 0.3) is 11.1 Å². The second-order valence-electron chi connectivity index (χ2n) is 3.56. The molecule has 0 aliphatic heterocycles. The van der Waals surface area contributed by atoms with E-state index in [9.17, 15) is 13.6 Å². The number of hydrogen-bond donors (Lipinski definition) is 1. The van der Waals surface area contributed by atoms with E-state index in [0.717, 1.165) is 6.07 Å². The van der Waals surface area contributed by atoms with Gasteiger partial charge in [0, 0.05) is 11.1 Å². The summed E-state index contributed by atoms with van der Waals surface area (Å²) in [5.74, 6) is -1.57. The summed E-state index contributed by atoms with van der Waals surface area (Å²) in [4.78, 5) is 10.5. The van der Waals surface area contributed by atoms with E-state index in [1.165, 1.54) is 6.07 Å². The first-order chi connectivity index (χ1) is 8.13. The fraction of sp³-hybridized carbons (Fsp3) is 0. The Morgan fingerprint density at radius 3 is 2.24 bits per heavy atom. The highest BCUT2D eigenvalue weighted by molar-refractivity contribution is 5.77. The zero-order chi connectivity index (χ0) is 12.4. The maximum Gasteiger partial charge on any atom is 0.156 e. The Bertz CT molecular complexity index is 564. The van der Waals surface area contributed by atoms with Crippen LogP contribution < -0.4 is 5.73 Å². The van der Waals surface area contributed by atoms with Gasteiger partial charge in [0.25, 0.3) is 0 Å². The van der Waals surface area contributed by atoms with Crippen molar-refractivity contribution in [2.45, 2.75) is 0 Å². The molecule has 2 rings (SSSR count). The third-order valence-corrected chi connectivity index (χ3v) is 2.48. The molecule has 0 bridgehead atoms. The lowest BCUT2D eigenvalue weighted by Crippen LogP contribution is -1.97. The minimum atomic E-state index is -0.788. The summed E-state index contributed by atoms with van der Waals surface area (Å²) in [5, 5.41) is 0. The topological polar surface area (TPSA) is 43.1 Å². The Hall–Kier alpha value is -2.23. The van der Waals surface area contributed by atoms with Crippen molar-refractivity contribution in [2.24, 2.45) is 0 Å². The molecule has 0 amide bonds. The number of benzene rings is 2. The highest BCUT2D eigenvalue weighted by atomic mass is 19.1. The van der Waals surface area contributed by atoms with Gasteiger partial charge in [-0.3, -0.25) is 4.79 Å². The minimum Gasteiger partial charge on any atom is -0.394 e. The van der Waals surface area contributed by atoms with Gasteiger partial charge in [-0.25, -0.2) is 8.78 Å². The Kier molecular flexibility index (Phi) is 2.87. The van der Waals surface area contributed by atoms with Crippen LogP contribution in [0, 0.1) is 11.6 Å². The van der Waals surface area contributed by atoms with Crippen LogP contribution in [0.4, 0.5) is 14.5 Å². The predicted molar refractivity (Wildman–Crippen MR) is 61.6 cm³/mol. The molecule has 4 heteroatoms. The molecular formula is C13H9F2NO. The molecule has 86 valence electrons. The quantitative estimate of drug-likeness (QED) is 0.640. The standard InChI is InChI=1S/C13H9F2NO/c14-11-6-5-10(12(15)13(11)16)9-3-1-8(7-17)2-4-9/h1-7H,16H2. The minimum absolute atomic E-state index is 0.210. The first-order valence-corrected chi connectivity index (χ1v) is 4.92. The summed E-state index contributed by atoms with van der Waals surface area (Å²) in [5.41, 5.74) is 6.01. The van der Waals surface area contributed by atoms with E-state index in [2.05, 4.69) is 0 Å². The van der Waals surface area contributed by atoms with Crippen molar-refractivity contribution in [3.05, 3.63) is 53.6 Å². The summed E-state index contributed by atoms with van der Waals surface area (Å²) in [6, 6.07) is 8.71. The maximum atomic E-state index is 13.7. The fourth-order valence-corrected chi connectivity index (χ4v) is 1.53. The van der Waals surface area contributed by atoms with E-state index in [1.54, 1.807) is 24.3 Å². The van der Waals surface area contributed by atoms with Gasteiger partial charge in [-0.15, -0.1) is 0 Å². The molecule has 2 nitrogen and oxygen atoms in total. The highest BCUT2D eigenvalue weighted by Gasteiger charge is 2.11. The molecule has 0 aliphatic rings. The molecule has 0 aliphatic carbocycles. The Labute approximate surface area is 96.7 Å². The molecule has 17 heavy (non-hydrogen) atoms. The first kappa shape index (κ1) is 11.3. The van der Waals surface area contributed by atoms with Gasteiger partial charge in [-0.2, -0.15) is 0 Å². The Morgan fingerprint density at radius 2 is 1.65 bits per heavy atom. The molecule has 0 atom stereocenters. The monoisotopic (exact) mass is 233 g/mol. The zero-order valence-electron chi connectivity index (χ0n) is 8.78. The van der Waals surface area contributed by atoms with Crippen molar-refractivity contribution in [1.82, 2.24) is 0 Å². The van der Waals surface area contributed by atoms with Crippen LogP contribution in [0.1, 0.15) is 10.4 Å². The number of anilines is 1. The van der Waals surface area contributed by atoms with E-state index < -0.39 is 17.3 Å². The van der Waals surface area contributed by atoms with Crippen LogP contribution >= 0.6 is 0 Å². The van der Waals surface area contributed by atoms with Gasteiger partial charge in [0.05, 0.1) is 0 Å². The molecule has 0 saturated heterocycles. The normalized spacial score (nSPS) is 10.2. The summed E-state index contributed by atoms with van der Waals surface area (Å²) >= 11 is 0. The molecular weight excluding hydrogens is 224 g/mol. The second-order valence-corrected chi connectivity index (χ2v) is 3.56. The summed E-state index contributed by atoms with van der Waals surface area (Å²) in [6.07, 6.45) is 0.694. The van der Waals surface area contributed by atoms with E-state index >= 15 is 0 Å². The molecule has 2 aromatic rings. The molecule has 2 aromatic carbocycles. The SMILES string of the molecule is Nc1c(F)ccc(-c2ccc(C=O)cc2)c1F. The van der Waals surface area contributed by atoms with Gasteiger partial charge in [0.2, 0.25) is 0 Å². The Balaban J connectivity index is 2.53. The van der Waals surface area contributed by atoms with E-state index in [0.29, 0.717) is 17.4 Å². The molecule has 0 fully saturated rings. The third-order valence-electron chi connectivity index (χ3n) is 2.48. The average molecular weight is 233 g/mol. The van der Waals surface area contributed by atoms with Crippen molar-refractivity contribution in [2.75, 3.05) is 5.73 Å². The number of carbonyl (C=O) groups is 1. The predicted octanol–water partition coefficient (Wildman–Crippen LogP) is 3.03. The lowest BCUT2D eigenvalue weighted by atomic mass is 10.0.